The van der Waals surface area contributed by atoms with E-state index in [1.54, 1.807) is 25.6 Å². The minimum Gasteiger partial charge on any atom is -0.383 e. The number of halogens is 1. The predicted molar refractivity (Wildman–Crippen MR) is 70.6 cm³/mol. The highest BCUT2D eigenvalue weighted by Crippen LogP contribution is 2.20. The van der Waals surface area contributed by atoms with E-state index in [1.807, 2.05) is 12.1 Å². The van der Waals surface area contributed by atoms with Gasteiger partial charge in [0.25, 0.3) is 0 Å². The summed E-state index contributed by atoms with van der Waals surface area (Å²) in [5.74, 6) is 0.485. The zero-order valence-corrected chi connectivity index (χ0v) is 10.7. The maximum atomic E-state index is 5.97. The lowest BCUT2D eigenvalue weighted by Crippen LogP contribution is -2.10. The number of hydrogen-bond acceptors (Lipinski definition) is 5. The summed E-state index contributed by atoms with van der Waals surface area (Å²) in [5.41, 5.74) is 1.64. The van der Waals surface area contributed by atoms with Crippen molar-refractivity contribution in [3.05, 3.63) is 35.7 Å². The lowest BCUT2D eigenvalue weighted by molar-refractivity contribution is 0.210. The molecule has 0 aliphatic rings. The molecule has 0 amide bonds. The molecule has 0 aliphatic heterocycles. The first-order valence-corrected chi connectivity index (χ1v) is 5.85. The molecule has 0 saturated carbocycles. The van der Waals surface area contributed by atoms with E-state index < -0.39 is 0 Å². The molecule has 2 aromatic heterocycles. The van der Waals surface area contributed by atoms with Gasteiger partial charge in [-0.3, -0.25) is 4.98 Å². The summed E-state index contributed by atoms with van der Waals surface area (Å²) >= 11 is 5.97. The van der Waals surface area contributed by atoms with E-state index in [0.717, 1.165) is 11.3 Å². The number of anilines is 1. The second-order valence-electron chi connectivity index (χ2n) is 3.56. The minimum absolute atomic E-state index is 0.392. The second-order valence-corrected chi connectivity index (χ2v) is 3.95. The standard InChI is InChI=1S/C12H13ClN4O/c1-18-6-5-15-12-16-10(7-11(13)17-12)9-3-2-4-14-8-9/h2-4,7-8H,5-6H2,1H3,(H,15,16,17). The van der Waals surface area contributed by atoms with Gasteiger partial charge in [0.1, 0.15) is 5.15 Å². The van der Waals surface area contributed by atoms with E-state index in [9.17, 15) is 0 Å². The third-order valence-corrected chi connectivity index (χ3v) is 2.44. The molecule has 0 atom stereocenters. The van der Waals surface area contributed by atoms with Gasteiger partial charge in [-0.2, -0.15) is 0 Å². The highest BCUT2D eigenvalue weighted by atomic mass is 35.5. The van der Waals surface area contributed by atoms with Gasteiger partial charge in [-0.05, 0) is 12.1 Å². The Morgan fingerprint density at radius 1 is 1.39 bits per heavy atom. The maximum absolute atomic E-state index is 5.97. The number of ether oxygens (including phenoxy) is 1. The largest absolute Gasteiger partial charge is 0.383 e. The molecule has 2 rings (SSSR count). The van der Waals surface area contributed by atoms with Crippen LogP contribution in [0.4, 0.5) is 5.95 Å². The Kier molecular flexibility index (Phi) is 4.44. The molecule has 0 bridgehead atoms. The van der Waals surface area contributed by atoms with Crippen molar-refractivity contribution >= 4 is 17.5 Å². The topological polar surface area (TPSA) is 59.9 Å². The van der Waals surface area contributed by atoms with Crippen LogP contribution in [-0.2, 0) is 4.74 Å². The van der Waals surface area contributed by atoms with Crippen molar-refractivity contribution in [1.29, 1.82) is 0 Å². The van der Waals surface area contributed by atoms with Gasteiger partial charge in [0.2, 0.25) is 5.95 Å². The van der Waals surface area contributed by atoms with Crippen LogP contribution in [0.25, 0.3) is 11.3 Å². The summed E-state index contributed by atoms with van der Waals surface area (Å²) in [6.45, 7) is 1.21. The van der Waals surface area contributed by atoms with Crippen molar-refractivity contribution in [3.8, 4) is 11.3 Å². The third kappa shape index (κ3) is 3.38. The number of nitrogens with one attached hydrogen (secondary N) is 1. The summed E-state index contributed by atoms with van der Waals surface area (Å²) in [7, 11) is 1.64. The summed E-state index contributed by atoms with van der Waals surface area (Å²) < 4.78 is 4.95. The molecule has 0 fully saturated rings. The van der Waals surface area contributed by atoms with Gasteiger partial charge >= 0.3 is 0 Å². The van der Waals surface area contributed by atoms with E-state index in [4.69, 9.17) is 16.3 Å². The molecule has 0 saturated heterocycles. The Hall–Kier alpha value is -1.72. The lowest BCUT2D eigenvalue weighted by Gasteiger charge is -2.06. The highest BCUT2D eigenvalue weighted by molar-refractivity contribution is 6.29. The van der Waals surface area contributed by atoms with Crippen molar-refractivity contribution in [1.82, 2.24) is 15.0 Å². The minimum atomic E-state index is 0.392. The molecule has 0 unspecified atom stereocenters. The van der Waals surface area contributed by atoms with Crippen LogP contribution in [0, 0.1) is 0 Å². The van der Waals surface area contributed by atoms with E-state index in [0.29, 0.717) is 24.3 Å². The van der Waals surface area contributed by atoms with Crippen molar-refractivity contribution in [3.63, 3.8) is 0 Å². The van der Waals surface area contributed by atoms with Gasteiger partial charge in [-0.25, -0.2) is 9.97 Å². The number of pyridine rings is 1. The molecule has 2 heterocycles. The van der Waals surface area contributed by atoms with Gasteiger partial charge in [-0.15, -0.1) is 0 Å². The van der Waals surface area contributed by atoms with Gasteiger partial charge in [0.05, 0.1) is 12.3 Å². The van der Waals surface area contributed by atoms with E-state index in [2.05, 4.69) is 20.3 Å². The van der Waals surface area contributed by atoms with Crippen LogP contribution in [0.1, 0.15) is 0 Å². The summed E-state index contributed by atoms with van der Waals surface area (Å²) in [6, 6.07) is 5.48. The normalized spacial score (nSPS) is 10.3. The fourth-order valence-electron chi connectivity index (χ4n) is 1.42. The zero-order chi connectivity index (χ0) is 12.8. The van der Waals surface area contributed by atoms with Crippen molar-refractivity contribution in [2.24, 2.45) is 0 Å². The van der Waals surface area contributed by atoms with Crippen molar-refractivity contribution in [2.75, 3.05) is 25.6 Å². The average molecular weight is 265 g/mol. The first-order valence-electron chi connectivity index (χ1n) is 5.47. The molecule has 1 N–H and O–H groups in total. The van der Waals surface area contributed by atoms with E-state index >= 15 is 0 Å². The number of hydrogen-bond donors (Lipinski definition) is 1. The van der Waals surface area contributed by atoms with E-state index in [-0.39, 0.29) is 0 Å². The molecule has 0 spiro atoms. The molecule has 0 aliphatic carbocycles. The van der Waals surface area contributed by atoms with Crippen LogP contribution in [0.3, 0.4) is 0 Å². The molecule has 0 aromatic carbocycles. The number of aromatic nitrogens is 3. The summed E-state index contributed by atoms with van der Waals surface area (Å²) in [6.07, 6.45) is 3.45. The second kappa shape index (κ2) is 6.28. The molecule has 6 heteroatoms. The number of nitrogens with zero attached hydrogens (tertiary/aromatic N) is 3. The Bertz CT molecular complexity index is 507. The molecular formula is C12H13ClN4O. The fourth-order valence-corrected chi connectivity index (χ4v) is 1.61. The highest BCUT2D eigenvalue weighted by Gasteiger charge is 2.05. The Labute approximate surface area is 110 Å². The molecule has 5 nitrogen and oxygen atoms in total. The maximum Gasteiger partial charge on any atom is 0.224 e. The first kappa shape index (κ1) is 12.7. The van der Waals surface area contributed by atoms with E-state index in [1.165, 1.54) is 0 Å². The molecule has 0 radical (unpaired) electrons. The van der Waals surface area contributed by atoms with Crippen LogP contribution in [-0.4, -0.2) is 35.2 Å². The van der Waals surface area contributed by atoms with Crippen LogP contribution >= 0.6 is 11.6 Å². The van der Waals surface area contributed by atoms with Gasteiger partial charge in [-0.1, -0.05) is 11.6 Å². The summed E-state index contributed by atoms with van der Waals surface area (Å²) in [5, 5.41) is 3.44. The number of rotatable bonds is 5. The fraction of sp³-hybridized carbons (Fsp3) is 0.250. The summed E-state index contributed by atoms with van der Waals surface area (Å²) in [4.78, 5) is 12.5. The molecule has 2 aromatic rings. The van der Waals surface area contributed by atoms with Crippen LogP contribution in [0.2, 0.25) is 5.15 Å². The molecule has 94 valence electrons. The Morgan fingerprint density at radius 2 is 2.28 bits per heavy atom. The monoisotopic (exact) mass is 264 g/mol. The van der Waals surface area contributed by atoms with Gasteiger partial charge < -0.3 is 10.1 Å². The van der Waals surface area contributed by atoms with Crippen molar-refractivity contribution < 1.29 is 4.74 Å². The third-order valence-electron chi connectivity index (χ3n) is 2.24. The number of methoxy groups -OCH3 is 1. The quantitative estimate of drug-likeness (QED) is 0.663. The van der Waals surface area contributed by atoms with Crippen LogP contribution < -0.4 is 5.32 Å². The van der Waals surface area contributed by atoms with Crippen LogP contribution in [0.5, 0.6) is 0 Å². The average Bonchev–Trinajstić information content (AvgIpc) is 2.39. The van der Waals surface area contributed by atoms with Crippen LogP contribution in [0.15, 0.2) is 30.6 Å². The lowest BCUT2D eigenvalue weighted by atomic mass is 10.2. The van der Waals surface area contributed by atoms with Gasteiger partial charge in [0.15, 0.2) is 0 Å². The molecular weight excluding hydrogens is 252 g/mol. The SMILES string of the molecule is COCCNc1nc(Cl)cc(-c2cccnc2)n1. The Balaban J connectivity index is 2.21. The zero-order valence-electron chi connectivity index (χ0n) is 9.93. The predicted octanol–water partition coefficient (Wildman–Crippen LogP) is 2.25. The molecule has 18 heavy (non-hydrogen) atoms. The Morgan fingerprint density at radius 3 is 3.00 bits per heavy atom. The van der Waals surface area contributed by atoms with Gasteiger partial charge in [0, 0.05) is 37.7 Å². The smallest absolute Gasteiger partial charge is 0.224 e. The van der Waals surface area contributed by atoms with Crippen molar-refractivity contribution in [2.45, 2.75) is 0 Å². The first-order chi connectivity index (χ1) is 8.79.